The van der Waals surface area contributed by atoms with E-state index in [1.807, 2.05) is 20.8 Å². The Morgan fingerprint density at radius 3 is 2.17 bits per heavy atom. The third-order valence-electron chi connectivity index (χ3n) is 5.16. The predicted molar refractivity (Wildman–Crippen MR) is 75.4 cm³/mol. The van der Waals surface area contributed by atoms with Crippen LogP contribution in [0.1, 0.15) is 80.1 Å². The highest BCUT2D eigenvalue weighted by Gasteiger charge is 2.49. The third-order valence-corrected chi connectivity index (χ3v) is 5.16. The van der Waals surface area contributed by atoms with Crippen LogP contribution in [0.5, 0.6) is 0 Å². The van der Waals surface area contributed by atoms with Crippen molar-refractivity contribution < 1.29 is 9.53 Å². The molecule has 0 aromatic rings. The van der Waals surface area contributed by atoms with E-state index < -0.39 is 0 Å². The van der Waals surface area contributed by atoms with E-state index in [1.54, 1.807) is 0 Å². The molecule has 0 N–H and O–H groups in total. The minimum Gasteiger partial charge on any atom is -0.458 e. The summed E-state index contributed by atoms with van der Waals surface area (Å²) >= 11 is 0. The van der Waals surface area contributed by atoms with Crippen molar-refractivity contribution in [3.8, 4) is 0 Å². The monoisotopic (exact) mass is 254 g/mol. The third kappa shape index (κ3) is 2.73. The number of carbonyl (C=O) groups excluding carboxylic acids is 1. The number of rotatable bonds is 4. The molecular weight excluding hydrogens is 224 g/mol. The molecule has 1 unspecified atom stereocenters. The normalized spacial score (nSPS) is 27.9. The summed E-state index contributed by atoms with van der Waals surface area (Å²) in [4.78, 5) is 12.4. The number of hydrogen-bond donors (Lipinski definition) is 0. The summed E-state index contributed by atoms with van der Waals surface area (Å²) < 4.78 is 6.06. The van der Waals surface area contributed by atoms with Gasteiger partial charge >= 0.3 is 5.97 Å². The summed E-state index contributed by atoms with van der Waals surface area (Å²) in [6, 6.07) is 0. The SMILES string of the molecule is CCC(C)(C)C(=O)OC1(CC)CCCCC1(C)C. The maximum absolute atomic E-state index is 12.4. The molecule has 2 nitrogen and oxygen atoms in total. The molecule has 1 saturated carbocycles. The van der Waals surface area contributed by atoms with Crippen molar-refractivity contribution in [2.24, 2.45) is 10.8 Å². The molecule has 0 amide bonds. The fourth-order valence-electron chi connectivity index (χ4n) is 2.92. The zero-order chi connectivity index (χ0) is 14.0. The molecule has 2 heteroatoms. The minimum atomic E-state index is -0.365. The Morgan fingerprint density at radius 1 is 1.17 bits per heavy atom. The lowest BCUT2D eigenvalue weighted by Gasteiger charge is -2.50. The van der Waals surface area contributed by atoms with Crippen LogP contribution >= 0.6 is 0 Å². The molecule has 1 atom stereocenters. The van der Waals surface area contributed by atoms with Gasteiger partial charge in [-0.2, -0.15) is 0 Å². The van der Waals surface area contributed by atoms with E-state index in [0.717, 1.165) is 25.7 Å². The minimum absolute atomic E-state index is 0.0261. The molecule has 1 rings (SSSR count). The van der Waals surface area contributed by atoms with Crippen molar-refractivity contribution in [2.45, 2.75) is 85.7 Å². The zero-order valence-electron chi connectivity index (χ0n) is 13.1. The summed E-state index contributed by atoms with van der Waals surface area (Å²) in [5, 5.41) is 0. The molecule has 1 aliphatic rings. The molecule has 0 radical (unpaired) electrons. The molecule has 0 aromatic carbocycles. The van der Waals surface area contributed by atoms with Gasteiger partial charge in [0, 0.05) is 5.41 Å². The lowest BCUT2D eigenvalue weighted by atomic mass is 9.64. The highest BCUT2D eigenvalue weighted by Crippen LogP contribution is 2.49. The summed E-state index contributed by atoms with van der Waals surface area (Å²) in [7, 11) is 0. The lowest BCUT2D eigenvalue weighted by molar-refractivity contribution is -0.193. The van der Waals surface area contributed by atoms with Gasteiger partial charge in [0.2, 0.25) is 0 Å². The Hall–Kier alpha value is -0.530. The van der Waals surface area contributed by atoms with Crippen molar-refractivity contribution >= 4 is 5.97 Å². The van der Waals surface area contributed by atoms with Crippen LogP contribution in [0, 0.1) is 10.8 Å². The van der Waals surface area contributed by atoms with Crippen molar-refractivity contribution in [2.75, 3.05) is 0 Å². The molecule has 106 valence electrons. The van der Waals surface area contributed by atoms with Crippen molar-refractivity contribution in [3.05, 3.63) is 0 Å². The molecular formula is C16H30O2. The van der Waals surface area contributed by atoms with E-state index in [2.05, 4.69) is 20.8 Å². The second kappa shape index (κ2) is 5.22. The van der Waals surface area contributed by atoms with Crippen LogP contribution in [-0.2, 0) is 9.53 Å². The smallest absolute Gasteiger partial charge is 0.312 e. The zero-order valence-corrected chi connectivity index (χ0v) is 13.1. The maximum atomic E-state index is 12.4. The Bertz CT molecular complexity index is 304. The van der Waals surface area contributed by atoms with Crippen LogP contribution in [0.15, 0.2) is 0 Å². The van der Waals surface area contributed by atoms with E-state index in [0.29, 0.717) is 0 Å². The predicted octanol–water partition coefficient (Wildman–Crippen LogP) is 4.71. The van der Waals surface area contributed by atoms with Gasteiger partial charge in [-0.1, -0.05) is 34.1 Å². The first-order valence-electron chi connectivity index (χ1n) is 7.44. The topological polar surface area (TPSA) is 26.3 Å². The molecule has 0 bridgehead atoms. The van der Waals surface area contributed by atoms with E-state index in [9.17, 15) is 4.79 Å². The molecule has 0 spiro atoms. The van der Waals surface area contributed by atoms with Crippen LogP contribution in [0.25, 0.3) is 0 Å². The quantitative estimate of drug-likeness (QED) is 0.679. The van der Waals surface area contributed by atoms with E-state index in [4.69, 9.17) is 4.74 Å². The molecule has 0 heterocycles. The molecule has 0 aliphatic heterocycles. The second-order valence-corrected chi connectivity index (χ2v) is 7.07. The van der Waals surface area contributed by atoms with Crippen molar-refractivity contribution in [3.63, 3.8) is 0 Å². The first-order valence-corrected chi connectivity index (χ1v) is 7.44. The lowest BCUT2D eigenvalue weighted by Crippen LogP contribution is -2.51. The van der Waals surface area contributed by atoms with Crippen molar-refractivity contribution in [1.29, 1.82) is 0 Å². The van der Waals surface area contributed by atoms with Crippen LogP contribution in [0.4, 0.5) is 0 Å². The van der Waals surface area contributed by atoms with Crippen molar-refractivity contribution in [1.82, 2.24) is 0 Å². The van der Waals surface area contributed by atoms with Gasteiger partial charge in [-0.25, -0.2) is 0 Å². The summed E-state index contributed by atoms with van der Waals surface area (Å²) in [5.74, 6) is -0.0261. The Morgan fingerprint density at radius 2 is 1.72 bits per heavy atom. The Balaban J connectivity index is 2.92. The first kappa shape index (κ1) is 15.5. The molecule has 1 aliphatic carbocycles. The van der Waals surface area contributed by atoms with Crippen LogP contribution in [0.3, 0.4) is 0 Å². The largest absolute Gasteiger partial charge is 0.458 e. The second-order valence-electron chi connectivity index (χ2n) is 7.07. The summed E-state index contributed by atoms with van der Waals surface area (Å²) in [6.07, 6.45) is 6.35. The standard InChI is InChI=1S/C16H30O2/c1-7-14(3,4)13(17)18-16(8-2)12-10-9-11-15(16,5)6/h7-12H2,1-6H3. The van der Waals surface area contributed by atoms with Gasteiger partial charge in [0.15, 0.2) is 0 Å². The summed E-state index contributed by atoms with van der Waals surface area (Å²) in [6.45, 7) is 12.7. The van der Waals surface area contributed by atoms with Gasteiger partial charge in [0.25, 0.3) is 0 Å². The number of esters is 1. The van der Waals surface area contributed by atoms with Gasteiger partial charge in [-0.05, 0) is 46.0 Å². The van der Waals surface area contributed by atoms with Gasteiger partial charge in [-0.15, -0.1) is 0 Å². The Labute approximate surface area is 112 Å². The van der Waals surface area contributed by atoms with E-state index >= 15 is 0 Å². The maximum Gasteiger partial charge on any atom is 0.312 e. The number of carbonyl (C=O) groups is 1. The fourth-order valence-corrected chi connectivity index (χ4v) is 2.92. The molecule has 0 saturated heterocycles. The average molecular weight is 254 g/mol. The van der Waals surface area contributed by atoms with Gasteiger partial charge in [0.1, 0.15) is 5.60 Å². The first-order chi connectivity index (χ1) is 8.21. The number of ether oxygens (including phenoxy) is 1. The fraction of sp³-hybridized carbons (Fsp3) is 0.938. The highest BCUT2D eigenvalue weighted by atomic mass is 16.6. The molecule has 0 aromatic heterocycles. The van der Waals surface area contributed by atoms with Gasteiger partial charge in [-0.3, -0.25) is 4.79 Å². The highest BCUT2D eigenvalue weighted by molar-refractivity contribution is 5.76. The summed E-state index contributed by atoms with van der Waals surface area (Å²) in [5.41, 5.74) is -0.524. The van der Waals surface area contributed by atoms with Gasteiger partial charge in [0.05, 0.1) is 5.41 Å². The number of hydrogen-bond acceptors (Lipinski definition) is 2. The molecule has 18 heavy (non-hydrogen) atoms. The van der Waals surface area contributed by atoms with E-state index in [1.165, 1.54) is 12.8 Å². The van der Waals surface area contributed by atoms with E-state index in [-0.39, 0.29) is 22.4 Å². The Kier molecular flexibility index (Phi) is 4.51. The van der Waals surface area contributed by atoms with Crippen LogP contribution in [-0.4, -0.2) is 11.6 Å². The average Bonchev–Trinajstić information content (AvgIpc) is 2.31. The van der Waals surface area contributed by atoms with Gasteiger partial charge < -0.3 is 4.74 Å². The van der Waals surface area contributed by atoms with Crippen LogP contribution < -0.4 is 0 Å². The van der Waals surface area contributed by atoms with Crippen LogP contribution in [0.2, 0.25) is 0 Å². The molecule has 1 fully saturated rings.